The second kappa shape index (κ2) is 5.44. The van der Waals surface area contributed by atoms with Crippen LogP contribution in [-0.4, -0.2) is 37.1 Å². The summed E-state index contributed by atoms with van der Waals surface area (Å²) in [6, 6.07) is 2.35. The van der Waals surface area contributed by atoms with Gasteiger partial charge in [0.05, 0.1) is 0 Å². The number of nitrogens with zero attached hydrogens (tertiary/aromatic N) is 1. The highest BCUT2D eigenvalue weighted by atomic mass is 16.3. The van der Waals surface area contributed by atoms with Gasteiger partial charge in [-0.2, -0.15) is 0 Å². The summed E-state index contributed by atoms with van der Waals surface area (Å²) in [5.74, 6) is 1.90. The van der Waals surface area contributed by atoms with Crippen LogP contribution in [0, 0.1) is 13.8 Å². The highest BCUT2D eigenvalue weighted by Crippen LogP contribution is 2.20. The first-order valence-corrected chi connectivity index (χ1v) is 6.41. The minimum Gasteiger partial charge on any atom is -0.466 e. The van der Waals surface area contributed by atoms with Gasteiger partial charge in [0.15, 0.2) is 0 Å². The molecule has 0 spiro atoms. The number of hydrogen-bond acceptors (Lipinski definition) is 3. The first-order chi connectivity index (χ1) is 8.58. The number of aryl methyl sites for hydroxylation is 2. The van der Waals surface area contributed by atoms with E-state index < -0.39 is 0 Å². The van der Waals surface area contributed by atoms with Crippen molar-refractivity contribution in [1.29, 1.82) is 0 Å². The fourth-order valence-electron chi connectivity index (χ4n) is 2.33. The molecule has 1 atom stereocenters. The Morgan fingerprint density at radius 1 is 1.56 bits per heavy atom. The van der Waals surface area contributed by atoms with E-state index in [0.717, 1.165) is 37.7 Å². The van der Waals surface area contributed by atoms with Gasteiger partial charge in [-0.1, -0.05) is 0 Å². The zero-order valence-electron chi connectivity index (χ0n) is 11.2. The summed E-state index contributed by atoms with van der Waals surface area (Å²) in [5.41, 5.74) is 1.19. The summed E-state index contributed by atoms with van der Waals surface area (Å²) in [6.45, 7) is 9.14. The van der Waals surface area contributed by atoms with E-state index in [4.69, 9.17) is 4.42 Å². The van der Waals surface area contributed by atoms with Crippen molar-refractivity contribution in [2.75, 3.05) is 26.2 Å². The average Bonchev–Trinajstić information content (AvgIpc) is 2.85. The molecule has 0 saturated carbocycles. The van der Waals surface area contributed by atoms with E-state index >= 15 is 0 Å². The maximum absolute atomic E-state index is 11.3. The molecule has 1 saturated heterocycles. The normalized spacial score (nSPS) is 17.1. The molecule has 18 heavy (non-hydrogen) atoms. The number of nitrogens with one attached hydrogen (secondary N) is 2. The number of carbonyl (C=O) groups is 1. The molecule has 0 radical (unpaired) electrons. The highest BCUT2D eigenvalue weighted by Gasteiger charge is 2.19. The lowest BCUT2D eigenvalue weighted by atomic mass is 10.1. The number of amides is 2. The predicted molar refractivity (Wildman–Crippen MR) is 69.6 cm³/mol. The number of urea groups is 1. The molecule has 100 valence electrons. The number of rotatable bonds is 5. The van der Waals surface area contributed by atoms with Crippen molar-refractivity contribution in [1.82, 2.24) is 15.5 Å². The van der Waals surface area contributed by atoms with Gasteiger partial charge >= 0.3 is 6.03 Å². The van der Waals surface area contributed by atoms with E-state index in [1.54, 1.807) is 0 Å². The van der Waals surface area contributed by atoms with E-state index in [1.165, 1.54) is 5.56 Å². The topological polar surface area (TPSA) is 57.5 Å². The maximum Gasteiger partial charge on any atom is 0.317 e. The molecule has 2 heterocycles. The molecule has 2 N–H and O–H groups in total. The Kier molecular flexibility index (Phi) is 3.91. The van der Waals surface area contributed by atoms with Crippen molar-refractivity contribution >= 4 is 6.03 Å². The van der Waals surface area contributed by atoms with Gasteiger partial charge in [-0.15, -0.1) is 0 Å². The highest BCUT2D eigenvalue weighted by molar-refractivity contribution is 5.76. The van der Waals surface area contributed by atoms with E-state index in [2.05, 4.69) is 23.6 Å². The van der Waals surface area contributed by atoms with Gasteiger partial charge in [0.2, 0.25) is 0 Å². The maximum atomic E-state index is 11.3. The SMILES string of the molecule is Cc1cc(C(C)NCCN2CCNC2=O)c(C)o1. The summed E-state index contributed by atoms with van der Waals surface area (Å²) in [5, 5.41) is 6.21. The molecule has 1 aromatic rings. The Bertz CT molecular complexity index is 428. The standard InChI is InChI=1S/C13H21N3O2/c1-9-8-12(11(3)18-9)10(2)14-4-6-16-7-5-15-13(16)17/h8,10,14H,4-7H2,1-3H3,(H,15,17). The number of furan rings is 1. The minimum atomic E-state index is 0.0415. The van der Waals surface area contributed by atoms with Gasteiger partial charge in [0.25, 0.3) is 0 Å². The molecular weight excluding hydrogens is 230 g/mol. The molecule has 1 fully saturated rings. The molecule has 0 aromatic carbocycles. The molecule has 2 rings (SSSR count). The Morgan fingerprint density at radius 2 is 2.33 bits per heavy atom. The van der Waals surface area contributed by atoms with Crippen molar-refractivity contribution in [2.24, 2.45) is 0 Å². The van der Waals surface area contributed by atoms with Gasteiger partial charge in [0.1, 0.15) is 11.5 Å². The van der Waals surface area contributed by atoms with Crippen molar-refractivity contribution in [3.8, 4) is 0 Å². The number of hydrogen-bond donors (Lipinski definition) is 2. The molecule has 1 aliphatic heterocycles. The second-order valence-electron chi connectivity index (χ2n) is 4.76. The van der Waals surface area contributed by atoms with Crippen LogP contribution < -0.4 is 10.6 Å². The lowest BCUT2D eigenvalue weighted by Gasteiger charge is -2.17. The number of carbonyl (C=O) groups excluding carboxylic acids is 1. The van der Waals surface area contributed by atoms with E-state index in [9.17, 15) is 4.79 Å². The average molecular weight is 251 g/mol. The fraction of sp³-hybridized carbons (Fsp3) is 0.615. The van der Waals surface area contributed by atoms with Crippen LogP contribution in [0.4, 0.5) is 4.79 Å². The third-order valence-electron chi connectivity index (χ3n) is 3.32. The van der Waals surface area contributed by atoms with Crippen LogP contribution in [0.15, 0.2) is 10.5 Å². The van der Waals surface area contributed by atoms with Crippen LogP contribution in [0.3, 0.4) is 0 Å². The Balaban J connectivity index is 1.79. The van der Waals surface area contributed by atoms with Crippen molar-refractivity contribution in [3.63, 3.8) is 0 Å². The smallest absolute Gasteiger partial charge is 0.317 e. The molecule has 1 aromatic heterocycles. The lowest BCUT2D eigenvalue weighted by molar-refractivity contribution is 0.217. The monoisotopic (exact) mass is 251 g/mol. The molecule has 1 aliphatic rings. The van der Waals surface area contributed by atoms with Gasteiger partial charge in [0, 0.05) is 37.8 Å². The van der Waals surface area contributed by atoms with Crippen LogP contribution in [-0.2, 0) is 0 Å². The molecular formula is C13H21N3O2. The lowest BCUT2D eigenvalue weighted by Crippen LogP contribution is -2.35. The van der Waals surface area contributed by atoms with Crippen molar-refractivity contribution in [2.45, 2.75) is 26.8 Å². The Morgan fingerprint density at radius 3 is 2.89 bits per heavy atom. The molecule has 5 heteroatoms. The zero-order chi connectivity index (χ0) is 13.1. The quantitative estimate of drug-likeness (QED) is 0.835. The van der Waals surface area contributed by atoms with E-state index in [0.29, 0.717) is 0 Å². The summed E-state index contributed by atoms with van der Waals surface area (Å²) in [6.07, 6.45) is 0. The van der Waals surface area contributed by atoms with Gasteiger partial charge < -0.3 is 20.0 Å². The molecule has 0 bridgehead atoms. The van der Waals surface area contributed by atoms with E-state index in [-0.39, 0.29) is 12.1 Å². The summed E-state index contributed by atoms with van der Waals surface area (Å²) in [4.78, 5) is 13.2. The van der Waals surface area contributed by atoms with Gasteiger partial charge in [-0.25, -0.2) is 4.79 Å². The molecule has 1 unspecified atom stereocenters. The van der Waals surface area contributed by atoms with Gasteiger partial charge in [-0.05, 0) is 26.8 Å². The largest absolute Gasteiger partial charge is 0.466 e. The molecule has 2 amide bonds. The van der Waals surface area contributed by atoms with Crippen molar-refractivity contribution in [3.05, 3.63) is 23.2 Å². The zero-order valence-corrected chi connectivity index (χ0v) is 11.2. The molecule has 0 aliphatic carbocycles. The van der Waals surface area contributed by atoms with E-state index in [1.807, 2.05) is 18.7 Å². The minimum absolute atomic E-state index is 0.0415. The first-order valence-electron chi connectivity index (χ1n) is 6.41. The summed E-state index contributed by atoms with van der Waals surface area (Å²) in [7, 11) is 0. The Labute approximate surface area is 108 Å². The third-order valence-corrected chi connectivity index (χ3v) is 3.32. The third kappa shape index (κ3) is 2.85. The van der Waals surface area contributed by atoms with Crippen LogP contribution in [0.1, 0.15) is 30.0 Å². The molecule has 5 nitrogen and oxygen atoms in total. The Hall–Kier alpha value is -1.49. The van der Waals surface area contributed by atoms with Crippen molar-refractivity contribution < 1.29 is 9.21 Å². The van der Waals surface area contributed by atoms with Crippen LogP contribution in [0.25, 0.3) is 0 Å². The van der Waals surface area contributed by atoms with Crippen LogP contribution in [0.5, 0.6) is 0 Å². The summed E-state index contributed by atoms with van der Waals surface area (Å²) < 4.78 is 5.52. The van der Waals surface area contributed by atoms with Gasteiger partial charge in [-0.3, -0.25) is 0 Å². The summed E-state index contributed by atoms with van der Waals surface area (Å²) >= 11 is 0. The fourth-order valence-corrected chi connectivity index (χ4v) is 2.33. The van der Waals surface area contributed by atoms with Crippen LogP contribution in [0.2, 0.25) is 0 Å². The van der Waals surface area contributed by atoms with Crippen LogP contribution >= 0.6 is 0 Å². The first kappa shape index (κ1) is 13.0. The second-order valence-corrected chi connectivity index (χ2v) is 4.76. The predicted octanol–water partition coefficient (Wildman–Crippen LogP) is 1.57.